The number of anilines is 1. The fourth-order valence-corrected chi connectivity index (χ4v) is 6.00. The molecule has 0 bridgehead atoms. The lowest BCUT2D eigenvalue weighted by Crippen LogP contribution is -2.41. The van der Waals surface area contributed by atoms with Crippen molar-refractivity contribution in [3.8, 4) is 28.6 Å². The number of alkyl halides is 3. The number of ether oxygens (including phenoxy) is 2. The summed E-state index contributed by atoms with van der Waals surface area (Å²) in [7, 11) is 1.65. The van der Waals surface area contributed by atoms with Crippen molar-refractivity contribution in [1.29, 1.82) is 0 Å². The maximum atomic E-state index is 13.3. The molecule has 46 heavy (non-hydrogen) atoms. The Morgan fingerprint density at radius 1 is 1.02 bits per heavy atom. The van der Waals surface area contributed by atoms with Crippen LogP contribution in [0.4, 0.5) is 23.7 Å². The van der Waals surface area contributed by atoms with Gasteiger partial charge in [-0.05, 0) is 79.8 Å². The maximum absolute atomic E-state index is 13.3. The van der Waals surface area contributed by atoms with Crippen LogP contribution in [0.5, 0.6) is 11.5 Å². The fraction of sp³-hybridized carbons (Fsp3) is 0.333. The normalized spacial score (nSPS) is 14.9. The molecule has 242 valence electrons. The second-order valence-electron chi connectivity index (χ2n) is 11.5. The number of urea groups is 1. The number of amidine groups is 1. The molecule has 2 heterocycles. The number of thioether (sulfide) groups is 1. The molecule has 3 aromatic carbocycles. The Kier molecular flexibility index (Phi) is 9.61. The molecular weight excluding hydrogens is 617 g/mol. The molecule has 5 rings (SSSR count). The van der Waals surface area contributed by atoms with E-state index in [9.17, 15) is 18.0 Å². The molecule has 0 radical (unpaired) electrons. The molecular formula is C33H35F3N6O3S. The summed E-state index contributed by atoms with van der Waals surface area (Å²) in [5.41, 5.74) is 3.53. The van der Waals surface area contributed by atoms with Crippen molar-refractivity contribution in [1.82, 2.24) is 20.1 Å². The van der Waals surface area contributed by atoms with E-state index in [1.807, 2.05) is 56.3 Å². The van der Waals surface area contributed by atoms with E-state index in [1.165, 1.54) is 35.3 Å². The molecule has 1 aliphatic rings. The van der Waals surface area contributed by atoms with Crippen LogP contribution in [0.1, 0.15) is 51.2 Å². The first-order valence-corrected chi connectivity index (χ1v) is 15.7. The van der Waals surface area contributed by atoms with Gasteiger partial charge in [0.15, 0.2) is 11.0 Å². The minimum absolute atomic E-state index is 0.256. The van der Waals surface area contributed by atoms with E-state index in [0.29, 0.717) is 16.7 Å². The Labute approximate surface area is 269 Å². The van der Waals surface area contributed by atoms with Gasteiger partial charge in [0, 0.05) is 23.5 Å². The molecule has 4 aromatic rings. The highest BCUT2D eigenvalue weighted by molar-refractivity contribution is 8.14. The number of methoxy groups -OCH3 is 1. The first-order valence-electron chi connectivity index (χ1n) is 14.7. The van der Waals surface area contributed by atoms with Gasteiger partial charge in [0.2, 0.25) is 0 Å². The molecule has 0 atom stereocenters. The number of hydrogen-bond acceptors (Lipinski definition) is 6. The predicted molar refractivity (Wildman–Crippen MR) is 174 cm³/mol. The Hall–Kier alpha value is -4.52. The molecule has 13 heteroatoms. The Bertz CT molecular complexity index is 1700. The quantitative estimate of drug-likeness (QED) is 0.207. The average Bonchev–Trinajstić information content (AvgIpc) is 3.51. The van der Waals surface area contributed by atoms with E-state index in [1.54, 1.807) is 18.9 Å². The van der Waals surface area contributed by atoms with E-state index < -0.39 is 17.9 Å². The lowest BCUT2D eigenvalue weighted by atomic mass is 9.93. The SMILES string of the molecule is COc1ccc(N2CCCS/C2=N\C(=O)NC(C)(C)c2ccc(-c3ncn(-c4ccc(OC(F)(F)F)cc4)n3)cc2)c(C(C)C)c1. The number of amides is 2. The topological polar surface area (TPSA) is 93.9 Å². The Morgan fingerprint density at radius 2 is 1.72 bits per heavy atom. The number of carbonyl (C=O) groups is 1. The van der Waals surface area contributed by atoms with Crippen LogP contribution in [0.2, 0.25) is 0 Å². The zero-order chi connectivity index (χ0) is 33.1. The molecule has 0 saturated carbocycles. The van der Waals surface area contributed by atoms with Gasteiger partial charge in [-0.3, -0.25) is 0 Å². The molecule has 9 nitrogen and oxygen atoms in total. The molecule has 1 fully saturated rings. The molecule has 0 unspecified atom stereocenters. The van der Waals surface area contributed by atoms with E-state index in [4.69, 9.17) is 4.74 Å². The molecule has 0 spiro atoms. The number of hydrogen-bond donors (Lipinski definition) is 1. The van der Waals surface area contributed by atoms with Crippen LogP contribution >= 0.6 is 11.8 Å². The second-order valence-corrected chi connectivity index (χ2v) is 12.6. The number of halogens is 3. The van der Waals surface area contributed by atoms with E-state index in [0.717, 1.165) is 46.8 Å². The van der Waals surface area contributed by atoms with E-state index in [2.05, 4.69) is 43.9 Å². The summed E-state index contributed by atoms with van der Waals surface area (Å²) in [5.74, 6) is 2.04. The summed E-state index contributed by atoms with van der Waals surface area (Å²) in [4.78, 5) is 24.2. The molecule has 1 aromatic heterocycles. The van der Waals surface area contributed by atoms with Crippen LogP contribution in [0.3, 0.4) is 0 Å². The van der Waals surface area contributed by atoms with Gasteiger partial charge < -0.3 is 19.7 Å². The first kappa shape index (κ1) is 32.9. The number of rotatable bonds is 8. The number of nitrogens with one attached hydrogen (secondary N) is 1. The third-order valence-corrected chi connectivity index (χ3v) is 8.51. The maximum Gasteiger partial charge on any atom is 0.573 e. The van der Waals surface area contributed by atoms with Gasteiger partial charge in [-0.15, -0.1) is 18.3 Å². The highest BCUT2D eigenvalue weighted by Gasteiger charge is 2.31. The highest BCUT2D eigenvalue weighted by atomic mass is 32.2. The third kappa shape index (κ3) is 7.82. The number of nitrogens with zero attached hydrogens (tertiary/aromatic N) is 5. The Balaban J connectivity index is 1.28. The smallest absolute Gasteiger partial charge is 0.497 e. The summed E-state index contributed by atoms with van der Waals surface area (Å²) in [6.45, 7) is 8.84. The standard InChI is InChI=1S/C33H35F3N6O3S/c1-21(2)27-19-26(44-5)15-16-28(27)41-17-6-18-46-31(41)38-30(43)39-32(3,4)23-9-7-22(8-10-23)29-37-20-42(40-29)24-11-13-25(14-12-24)45-33(34,35)36/h7-16,19-21H,6,17-18H2,1-5H3,(H,39,43)/b38-31-. The van der Waals surface area contributed by atoms with Gasteiger partial charge in [0.25, 0.3) is 0 Å². The van der Waals surface area contributed by atoms with Gasteiger partial charge in [0.05, 0.1) is 18.3 Å². The minimum atomic E-state index is -4.76. The first-order chi connectivity index (χ1) is 21.8. The van der Waals surface area contributed by atoms with Gasteiger partial charge in [-0.2, -0.15) is 4.99 Å². The predicted octanol–water partition coefficient (Wildman–Crippen LogP) is 7.91. The van der Waals surface area contributed by atoms with Crippen molar-refractivity contribution in [3.63, 3.8) is 0 Å². The van der Waals surface area contributed by atoms with Crippen LogP contribution in [0.15, 0.2) is 78.0 Å². The van der Waals surface area contributed by atoms with E-state index in [-0.39, 0.29) is 11.7 Å². The van der Waals surface area contributed by atoms with Crippen molar-refractivity contribution in [2.45, 2.75) is 51.9 Å². The van der Waals surface area contributed by atoms with Gasteiger partial charge >= 0.3 is 12.4 Å². The largest absolute Gasteiger partial charge is 0.573 e. The van der Waals surface area contributed by atoms with Gasteiger partial charge in [-0.25, -0.2) is 14.5 Å². The monoisotopic (exact) mass is 652 g/mol. The number of benzene rings is 3. The van der Waals surface area contributed by atoms with Crippen LogP contribution in [-0.2, 0) is 5.54 Å². The van der Waals surface area contributed by atoms with Crippen molar-refractivity contribution in [2.24, 2.45) is 4.99 Å². The lowest BCUT2D eigenvalue weighted by molar-refractivity contribution is -0.274. The van der Waals surface area contributed by atoms with Crippen molar-refractivity contribution >= 4 is 28.6 Å². The van der Waals surface area contributed by atoms with E-state index >= 15 is 0 Å². The number of carbonyl (C=O) groups excluding carboxylic acids is 1. The number of aliphatic imine (C=N–C) groups is 1. The van der Waals surface area contributed by atoms with Gasteiger partial charge in [0.1, 0.15) is 17.8 Å². The minimum Gasteiger partial charge on any atom is -0.497 e. The molecule has 2 amide bonds. The molecule has 1 N–H and O–H groups in total. The van der Waals surface area contributed by atoms with Crippen LogP contribution in [0.25, 0.3) is 17.1 Å². The summed E-state index contributed by atoms with van der Waals surface area (Å²) >= 11 is 1.57. The van der Waals surface area contributed by atoms with Crippen LogP contribution in [0, 0.1) is 0 Å². The molecule has 1 aliphatic heterocycles. The molecule has 0 aliphatic carbocycles. The average molecular weight is 653 g/mol. The fourth-order valence-electron chi connectivity index (χ4n) is 5.05. The summed E-state index contributed by atoms with van der Waals surface area (Å²) in [6, 6.07) is 18.4. The lowest BCUT2D eigenvalue weighted by Gasteiger charge is -2.32. The molecule has 1 saturated heterocycles. The second kappa shape index (κ2) is 13.5. The summed E-state index contributed by atoms with van der Waals surface area (Å²) < 4.78 is 48.2. The Morgan fingerprint density at radius 3 is 2.37 bits per heavy atom. The highest BCUT2D eigenvalue weighted by Crippen LogP contribution is 2.35. The zero-order valence-electron chi connectivity index (χ0n) is 26.1. The van der Waals surface area contributed by atoms with Crippen molar-refractivity contribution < 1.29 is 27.4 Å². The van der Waals surface area contributed by atoms with Gasteiger partial charge in [-0.1, -0.05) is 49.9 Å². The van der Waals surface area contributed by atoms with Crippen LogP contribution < -0.4 is 19.7 Å². The van der Waals surface area contributed by atoms with Crippen molar-refractivity contribution in [2.75, 3.05) is 24.3 Å². The number of aromatic nitrogens is 3. The summed E-state index contributed by atoms with van der Waals surface area (Å²) in [6.07, 6.45) is -2.30. The third-order valence-electron chi connectivity index (χ3n) is 7.44. The van der Waals surface area contributed by atoms with Crippen molar-refractivity contribution in [3.05, 3.63) is 84.2 Å². The summed E-state index contributed by atoms with van der Waals surface area (Å²) in [5, 5.41) is 8.17. The zero-order valence-corrected chi connectivity index (χ0v) is 26.9. The van der Waals surface area contributed by atoms with Crippen LogP contribution in [-0.4, -0.2) is 51.7 Å².